The standard InChI is InChI=1S/C21H26N2O5/c1-4-26-17-13-16(14-18(27-5-2)20(17)28-6-3)21(25)23-22-19(24)12-15-10-8-7-9-11-15/h7-11,13-14H,4-6,12H2,1-3H3,(H,22,24)(H,23,25). The van der Waals surface area contributed by atoms with Gasteiger partial charge in [-0.3, -0.25) is 20.4 Å². The van der Waals surface area contributed by atoms with Crippen LogP contribution < -0.4 is 25.1 Å². The molecule has 28 heavy (non-hydrogen) atoms. The highest BCUT2D eigenvalue weighted by Gasteiger charge is 2.18. The molecule has 0 aliphatic heterocycles. The minimum atomic E-state index is -0.480. The van der Waals surface area contributed by atoms with Gasteiger partial charge in [0.2, 0.25) is 11.7 Å². The number of rotatable bonds is 9. The van der Waals surface area contributed by atoms with Crippen LogP contribution in [0.15, 0.2) is 42.5 Å². The summed E-state index contributed by atoms with van der Waals surface area (Å²) < 4.78 is 16.8. The Kier molecular flexibility index (Phi) is 8.14. The van der Waals surface area contributed by atoms with Crippen molar-refractivity contribution < 1.29 is 23.8 Å². The zero-order valence-electron chi connectivity index (χ0n) is 16.4. The van der Waals surface area contributed by atoms with E-state index < -0.39 is 5.91 Å². The van der Waals surface area contributed by atoms with Gasteiger partial charge in [0, 0.05) is 5.56 Å². The Balaban J connectivity index is 2.11. The zero-order chi connectivity index (χ0) is 20.4. The van der Waals surface area contributed by atoms with Crippen LogP contribution in [-0.4, -0.2) is 31.6 Å². The molecule has 0 unspecified atom stereocenters. The molecular formula is C21H26N2O5. The molecule has 7 heteroatoms. The van der Waals surface area contributed by atoms with Crippen molar-refractivity contribution in [3.63, 3.8) is 0 Å². The first-order valence-electron chi connectivity index (χ1n) is 9.28. The smallest absolute Gasteiger partial charge is 0.269 e. The molecule has 2 rings (SSSR count). The van der Waals surface area contributed by atoms with Gasteiger partial charge in [0.25, 0.3) is 5.91 Å². The van der Waals surface area contributed by atoms with Gasteiger partial charge in [0.05, 0.1) is 26.2 Å². The molecule has 0 bridgehead atoms. The first-order chi connectivity index (χ1) is 13.6. The molecule has 0 fully saturated rings. The van der Waals surface area contributed by atoms with Crippen LogP contribution in [-0.2, 0) is 11.2 Å². The summed E-state index contributed by atoms with van der Waals surface area (Å²) in [6.45, 7) is 6.78. The summed E-state index contributed by atoms with van der Waals surface area (Å²) in [7, 11) is 0. The Bertz CT molecular complexity index is 766. The number of hydrogen-bond donors (Lipinski definition) is 2. The van der Waals surface area contributed by atoms with E-state index in [0.29, 0.717) is 37.1 Å². The lowest BCUT2D eigenvalue weighted by atomic mass is 10.1. The zero-order valence-corrected chi connectivity index (χ0v) is 16.4. The van der Waals surface area contributed by atoms with Gasteiger partial charge in [-0.2, -0.15) is 0 Å². The van der Waals surface area contributed by atoms with E-state index in [0.717, 1.165) is 5.56 Å². The maximum atomic E-state index is 12.5. The number of ether oxygens (including phenoxy) is 3. The maximum absolute atomic E-state index is 12.5. The largest absolute Gasteiger partial charge is 0.490 e. The van der Waals surface area contributed by atoms with Crippen LogP contribution in [0.5, 0.6) is 17.2 Å². The van der Waals surface area contributed by atoms with E-state index in [1.807, 2.05) is 51.1 Å². The lowest BCUT2D eigenvalue weighted by molar-refractivity contribution is -0.121. The predicted molar refractivity (Wildman–Crippen MR) is 106 cm³/mol. The second-order valence-corrected chi connectivity index (χ2v) is 5.77. The minimum Gasteiger partial charge on any atom is -0.490 e. The first kappa shape index (κ1) is 21.1. The molecule has 0 atom stereocenters. The average molecular weight is 386 g/mol. The molecule has 0 spiro atoms. The summed E-state index contributed by atoms with van der Waals surface area (Å²) >= 11 is 0. The highest BCUT2D eigenvalue weighted by Crippen LogP contribution is 2.39. The highest BCUT2D eigenvalue weighted by molar-refractivity contribution is 5.96. The van der Waals surface area contributed by atoms with E-state index in [4.69, 9.17) is 14.2 Å². The van der Waals surface area contributed by atoms with Crippen LogP contribution in [0.1, 0.15) is 36.7 Å². The summed E-state index contributed by atoms with van der Waals surface area (Å²) in [5.41, 5.74) is 5.98. The van der Waals surface area contributed by atoms with Gasteiger partial charge >= 0.3 is 0 Å². The van der Waals surface area contributed by atoms with E-state index in [1.54, 1.807) is 12.1 Å². The summed E-state index contributed by atoms with van der Waals surface area (Å²) in [4.78, 5) is 24.5. The van der Waals surface area contributed by atoms with E-state index in [2.05, 4.69) is 10.9 Å². The molecule has 2 aromatic carbocycles. The molecule has 2 aromatic rings. The molecule has 0 saturated heterocycles. The molecule has 2 amide bonds. The Hall–Kier alpha value is -3.22. The first-order valence-corrected chi connectivity index (χ1v) is 9.28. The SMILES string of the molecule is CCOc1cc(C(=O)NNC(=O)Cc2ccccc2)cc(OCC)c1OCC. The molecule has 150 valence electrons. The van der Waals surface area contributed by atoms with E-state index in [1.165, 1.54) is 0 Å². The molecule has 0 aromatic heterocycles. The molecule has 2 N–H and O–H groups in total. The van der Waals surface area contributed by atoms with Crippen molar-refractivity contribution in [1.82, 2.24) is 10.9 Å². The molecule has 0 aliphatic rings. The third kappa shape index (κ3) is 5.90. The Labute approximate surface area is 165 Å². The number of hydrazine groups is 1. The van der Waals surface area contributed by atoms with Gasteiger partial charge < -0.3 is 14.2 Å². The van der Waals surface area contributed by atoms with Crippen molar-refractivity contribution in [3.05, 3.63) is 53.6 Å². The van der Waals surface area contributed by atoms with Crippen molar-refractivity contribution in [1.29, 1.82) is 0 Å². The lowest BCUT2D eigenvalue weighted by Crippen LogP contribution is -2.42. The van der Waals surface area contributed by atoms with E-state index in [-0.39, 0.29) is 17.9 Å². The van der Waals surface area contributed by atoms with Gasteiger partial charge in [0.1, 0.15) is 0 Å². The third-order valence-corrected chi connectivity index (χ3v) is 3.69. The quantitative estimate of drug-likeness (QED) is 0.647. The number of carbonyl (C=O) groups excluding carboxylic acids is 2. The number of hydrogen-bond acceptors (Lipinski definition) is 5. The number of benzene rings is 2. The molecule has 0 heterocycles. The maximum Gasteiger partial charge on any atom is 0.269 e. The summed E-state index contributed by atoms with van der Waals surface area (Å²) in [5, 5.41) is 0. The van der Waals surface area contributed by atoms with Crippen LogP contribution in [0.3, 0.4) is 0 Å². The second kappa shape index (κ2) is 10.8. The van der Waals surface area contributed by atoms with E-state index >= 15 is 0 Å². The van der Waals surface area contributed by atoms with Crippen molar-refractivity contribution in [2.24, 2.45) is 0 Å². The topological polar surface area (TPSA) is 85.9 Å². The van der Waals surface area contributed by atoms with Gasteiger partial charge in [-0.1, -0.05) is 30.3 Å². The van der Waals surface area contributed by atoms with Crippen LogP contribution >= 0.6 is 0 Å². The number of nitrogens with one attached hydrogen (secondary N) is 2. The van der Waals surface area contributed by atoms with Gasteiger partial charge in [0.15, 0.2) is 11.5 Å². The molecule has 0 aliphatic carbocycles. The monoisotopic (exact) mass is 386 g/mol. The van der Waals surface area contributed by atoms with Crippen LogP contribution in [0.4, 0.5) is 0 Å². The van der Waals surface area contributed by atoms with Crippen molar-refractivity contribution in [2.75, 3.05) is 19.8 Å². The molecule has 7 nitrogen and oxygen atoms in total. The normalized spacial score (nSPS) is 10.1. The fourth-order valence-electron chi connectivity index (χ4n) is 2.54. The number of carbonyl (C=O) groups is 2. The van der Waals surface area contributed by atoms with Crippen LogP contribution in [0.2, 0.25) is 0 Å². The lowest BCUT2D eigenvalue weighted by Gasteiger charge is -2.17. The van der Waals surface area contributed by atoms with E-state index in [9.17, 15) is 9.59 Å². The summed E-state index contributed by atoms with van der Waals surface area (Å²) in [6, 6.07) is 12.4. The van der Waals surface area contributed by atoms with Crippen molar-refractivity contribution in [2.45, 2.75) is 27.2 Å². The Morgan fingerprint density at radius 2 is 1.39 bits per heavy atom. The second-order valence-electron chi connectivity index (χ2n) is 5.77. The molecular weight excluding hydrogens is 360 g/mol. The van der Waals surface area contributed by atoms with Crippen LogP contribution in [0, 0.1) is 0 Å². The Morgan fingerprint density at radius 1 is 0.821 bits per heavy atom. The van der Waals surface area contributed by atoms with Gasteiger partial charge in [-0.15, -0.1) is 0 Å². The molecule has 0 radical (unpaired) electrons. The minimum absolute atomic E-state index is 0.165. The molecule has 0 saturated carbocycles. The van der Waals surface area contributed by atoms with Crippen molar-refractivity contribution in [3.8, 4) is 17.2 Å². The highest BCUT2D eigenvalue weighted by atomic mass is 16.5. The third-order valence-electron chi connectivity index (χ3n) is 3.69. The van der Waals surface area contributed by atoms with Gasteiger partial charge in [-0.05, 0) is 38.5 Å². The van der Waals surface area contributed by atoms with Crippen molar-refractivity contribution >= 4 is 11.8 Å². The van der Waals surface area contributed by atoms with Gasteiger partial charge in [-0.25, -0.2) is 0 Å². The predicted octanol–water partition coefficient (Wildman–Crippen LogP) is 2.89. The average Bonchev–Trinajstić information content (AvgIpc) is 2.69. The number of amides is 2. The summed E-state index contributed by atoms with van der Waals surface area (Å²) in [5.74, 6) is 0.481. The Morgan fingerprint density at radius 3 is 1.93 bits per heavy atom. The summed E-state index contributed by atoms with van der Waals surface area (Å²) in [6.07, 6.45) is 0.165. The fraction of sp³-hybridized carbons (Fsp3) is 0.333. The fourth-order valence-corrected chi connectivity index (χ4v) is 2.54. The van der Waals surface area contributed by atoms with Crippen LogP contribution in [0.25, 0.3) is 0 Å².